The van der Waals surface area contributed by atoms with Gasteiger partial charge in [0.2, 0.25) is 0 Å². The molecule has 1 amide bonds. The van der Waals surface area contributed by atoms with E-state index in [1.807, 2.05) is 13.1 Å². The third-order valence-electron chi connectivity index (χ3n) is 6.40. The lowest BCUT2D eigenvalue weighted by molar-refractivity contribution is 0.0786. The molecule has 0 unspecified atom stereocenters. The van der Waals surface area contributed by atoms with Gasteiger partial charge in [-0.15, -0.1) is 0 Å². The van der Waals surface area contributed by atoms with E-state index < -0.39 is 0 Å². The molecule has 1 fully saturated rings. The van der Waals surface area contributed by atoms with E-state index in [2.05, 4.69) is 21.1 Å². The van der Waals surface area contributed by atoms with Crippen molar-refractivity contribution in [1.29, 1.82) is 5.26 Å². The quantitative estimate of drug-likeness (QED) is 0.705. The summed E-state index contributed by atoms with van der Waals surface area (Å²) in [7, 11) is 1.82. The van der Waals surface area contributed by atoms with Crippen LogP contribution in [0.15, 0.2) is 47.0 Å². The molecule has 1 N–H and O–H groups in total. The summed E-state index contributed by atoms with van der Waals surface area (Å²) in [5.41, 5.74) is 2.48. The van der Waals surface area contributed by atoms with E-state index in [4.69, 9.17) is 5.26 Å². The maximum atomic E-state index is 12.9. The minimum absolute atomic E-state index is 0.0698. The first-order valence-corrected chi connectivity index (χ1v) is 11.6. The summed E-state index contributed by atoms with van der Waals surface area (Å²) in [6.07, 6.45) is 12.9. The number of carbonyl (C=O) groups is 1. The van der Waals surface area contributed by atoms with E-state index in [1.165, 1.54) is 30.1 Å². The molecule has 0 radical (unpaired) electrons. The van der Waals surface area contributed by atoms with Crippen LogP contribution in [0.3, 0.4) is 0 Å². The fraction of sp³-hybridized carbons (Fsp3) is 0.440. The van der Waals surface area contributed by atoms with Crippen molar-refractivity contribution in [2.45, 2.75) is 38.5 Å². The molecule has 4 rings (SSSR count). The third-order valence-corrected chi connectivity index (χ3v) is 6.40. The molecular weight excluding hydrogens is 416 g/mol. The first-order chi connectivity index (χ1) is 16.1. The number of nitrogens with one attached hydrogen (secondary N) is 1. The minimum atomic E-state index is -0.198. The number of hydrogen-bond acceptors (Lipinski definition) is 5. The lowest BCUT2D eigenvalue weighted by atomic mass is 9.95. The lowest BCUT2D eigenvalue weighted by Crippen LogP contribution is -2.34. The average molecular weight is 447 g/mol. The predicted molar refractivity (Wildman–Crippen MR) is 127 cm³/mol. The van der Waals surface area contributed by atoms with Crippen molar-refractivity contribution in [3.05, 3.63) is 63.7 Å². The van der Waals surface area contributed by atoms with Crippen molar-refractivity contribution in [3.8, 4) is 11.9 Å². The van der Waals surface area contributed by atoms with Gasteiger partial charge in [-0.1, -0.05) is 12.5 Å². The van der Waals surface area contributed by atoms with Crippen LogP contribution >= 0.6 is 0 Å². The number of rotatable bonds is 7. The highest BCUT2D eigenvalue weighted by atomic mass is 16.2. The van der Waals surface area contributed by atoms with E-state index in [0.717, 1.165) is 31.6 Å². The van der Waals surface area contributed by atoms with Gasteiger partial charge in [-0.3, -0.25) is 14.7 Å². The molecule has 2 aromatic heterocycles. The number of amides is 1. The van der Waals surface area contributed by atoms with Crippen LogP contribution in [0.4, 0.5) is 0 Å². The van der Waals surface area contributed by atoms with Crippen LogP contribution in [-0.4, -0.2) is 63.7 Å². The molecule has 8 nitrogen and oxygen atoms in total. The second kappa shape index (κ2) is 10.5. The van der Waals surface area contributed by atoms with Gasteiger partial charge < -0.3 is 9.80 Å². The molecule has 33 heavy (non-hydrogen) atoms. The first kappa shape index (κ1) is 22.7. The van der Waals surface area contributed by atoms with Crippen molar-refractivity contribution in [2.75, 3.05) is 33.2 Å². The summed E-state index contributed by atoms with van der Waals surface area (Å²) in [6.45, 7) is 4.06. The number of aromatic amines is 1. The first-order valence-electron chi connectivity index (χ1n) is 11.6. The Labute approximate surface area is 193 Å². The van der Waals surface area contributed by atoms with Gasteiger partial charge in [0.05, 0.1) is 17.2 Å². The molecule has 0 atom stereocenters. The summed E-state index contributed by atoms with van der Waals surface area (Å²) in [5.74, 6) is 0.361. The van der Waals surface area contributed by atoms with Crippen LogP contribution in [0.25, 0.3) is 11.4 Å². The van der Waals surface area contributed by atoms with Crippen LogP contribution in [0.1, 0.15) is 54.4 Å². The molecule has 172 valence electrons. The molecule has 1 aliphatic heterocycles. The summed E-state index contributed by atoms with van der Waals surface area (Å²) in [5, 5.41) is 11.9. The molecule has 1 aliphatic carbocycles. The number of pyridine rings is 1. The number of likely N-dealkylation sites (tertiary alicyclic amines) is 1. The predicted octanol–water partition coefficient (Wildman–Crippen LogP) is 3.14. The fourth-order valence-electron chi connectivity index (χ4n) is 4.41. The largest absolute Gasteiger partial charge is 0.342 e. The van der Waals surface area contributed by atoms with E-state index in [1.54, 1.807) is 29.3 Å². The number of H-pyrrole nitrogens is 1. The van der Waals surface area contributed by atoms with Crippen molar-refractivity contribution in [3.63, 3.8) is 0 Å². The van der Waals surface area contributed by atoms with Crippen LogP contribution in [0.5, 0.6) is 0 Å². The number of allylic oxidation sites excluding steroid dienone is 4. The number of piperidine rings is 1. The Morgan fingerprint density at radius 2 is 2.03 bits per heavy atom. The zero-order chi connectivity index (χ0) is 23.2. The highest BCUT2D eigenvalue weighted by Gasteiger charge is 2.17. The van der Waals surface area contributed by atoms with Crippen LogP contribution in [-0.2, 0) is 0 Å². The van der Waals surface area contributed by atoms with Crippen molar-refractivity contribution in [1.82, 2.24) is 24.6 Å². The Bertz CT molecular complexity index is 1140. The summed E-state index contributed by atoms with van der Waals surface area (Å²) >= 11 is 0. The highest BCUT2D eigenvalue weighted by molar-refractivity contribution is 5.93. The maximum absolute atomic E-state index is 12.9. The summed E-state index contributed by atoms with van der Waals surface area (Å²) < 4.78 is 1.37. The van der Waals surface area contributed by atoms with Gasteiger partial charge in [0.1, 0.15) is 0 Å². The summed E-state index contributed by atoms with van der Waals surface area (Å²) in [6, 6.07) is 5.54. The summed E-state index contributed by atoms with van der Waals surface area (Å²) in [4.78, 5) is 34.2. The standard InChI is InChI=1S/C25H30N6O2/c1-29(12-5-15-30-13-3-2-4-14-30)24(32)21-10-11-23(27-17-21)31-25(33)22(18-28-31)20-8-6-19(16-26)7-9-20/h6,8,10-11,17-18,28H,2-5,7,9,12-15H2,1H3. The van der Waals surface area contributed by atoms with E-state index >= 15 is 0 Å². The molecule has 0 aromatic carbocycles. The zero-order valence-electron chi connectivity index (χ0n) is 19.1. The average Bonchev–Trinajstić information content (AvgIpc) is 3.25. The Morgan fingerprint density at radius 1 is 1.21 bits per heavy atom. The molecule has 1 saturated heterocycles. The van der Waals surface area contributed by atoms with Gasteiger partial charge in [0.15, 0.2) is 5.82 Å². The number of carbonyl (C=O) groups excluding carboxylic acids is 1. The Balaban J connectivity index is 1.38. The topological polar surface area (TPSA) is 98.0 Å². The molecule has 2 aromatic rings. The lowest BCUT2D eigenvalue weighted by Gasteiger charge is -2.27. The number of aromatic nitrogens is 3. The Kier molecular flexibility index (Phi) is 7.20. The van der Waals surface area contributed by atoms with E-state index in [9.17, 15) is 9.59 Å². The second-order valence-corrected chi connectivity index (χ2v) is 8.71. The molecular formula is C25H30N6O2. The highest BCUT2D eigenvalue weighted by Crippen LogP contribution is 2.24. The number of nitrogens with zero attached hydrogens (tertiary/aromatic N) is 5. The monoisotopic (exact) mass is 446 g/mol. The van der Waals surface area contributed by atoms with E-state index in [0.29, 0.717) is 41.9 Å². The Hall–Kier alpha value is -3.44. The number of hydrogen-bond donors (Lipinski definition) is 1. The molecule has 0 saturated carbocycles. The normalized spacial score (nSPS) is 16.6. The van der Waals surface area contributed by atoms with Crippen molar-refractivity contribution in [2.24, 2.45) is 0 Å². The third kappa shape index (κ3) is 5.32. The van der Waals surface area contributed by atoms with Gasteiger partial charge >= 0.3 is 0 Å². The van der Waals surface area contributed by atoms with Gasteiger partial charge in [0, 0.05) is 31.6 Å². The Morgan fingerprint density at radius 3 is 2.70 bits per heavy atom. The van der Waals surface area contributed by atoms with Gasteiger partial charge in [0.25, 0.3) is 11.5 Å². The molecule has 2 aliphatic rings. The SMILES string of the molecule is CN(CCCN1CCCCC1)C(=O)c1ccc(-n2[nH]cc(C3=CC=C(C#N)CC3)c2=O)nc1. The van der Waals surface area contributed by atoms with Gasteiger partial charge in [-0.2, -0.15) is 5.26 Å². The van der Waals surface area contributed by atoms with Crippen LogP contribution in [0, 0.1) is 11.3 Å². The van der Waals surface area contributed by atoms with E-state index in [-0.39, 0.29) is 11.5 Å². The minimum Gasteiger partial charge on any atom is -0.342 e. The van der Waals surface area contributed by atoms with Crippen LogP contribution < -0.4 is 5.56 Å². The van der Waals surface area contributed by atoms with Gasteiger partial charge in [-0.25, -0.2) is 9.67 Å². The molecule has 0 bridgehead atoms. The maximum Gasteiger partial charge on any atom is 0.280 e. The zero-order valence-corrected chi connectivity index (χ0v) is 19.1. The van der Waals surface area contributed by atoms with Gasteiger partial charge in [-0.05, 0) is 75.5 Å². The molecule has 0 spiro atoms. The van der Waals surface area contributed by atoms with Crippen molar-refractivity contribution >= 4 is 11.5 Å². The molecule has 8 heteroatoms. The van der Waals surface area contributed by atoms with Crippen molar-refractivity contribution < 1.29 is 4.79 Å². The molecule has 3 heterocycles. The van der Waals surface area contributed by atoms with Crippen LogP contribution in [0.2, 0.25) is 0 Å². The smallest absolute Gasteiger partial charge is 0.280 e. The number of nitriles is 1. The second-order valence-electron chi connectivity index (χ2n) is 8.71. The fourth-order valence-corrected chi connectivity index (χ4v) is 4.41.